The van der Waals surface area contributed by atoms with E-state index in [0.29, 0.717) is 0 Å². The molecule has 0 radical (unpaired) electrons. The van der Waals surface area contributed by atoms with Gasteiger partial charge in [0.25, 0.3) is 0 Å². The van der Waals surface area contributed by atoms with Crippen LogP contribution in [0.4, 0.5) is 0 Å². The Hall–Kier alpha value is -5.41. The Labute approximate surface area is 230 Å². The summed E-state index contributed by atoms with van der Waals surface area (Å²) in [5.41, 5.74) is 6.87. The van der Waals surface area contributed by atoms with Crippen molar-refractivity contribution in [3.05, 3.63) is 140 Å². The molecule has 9 rings (SSSR count). The summed E-state index contributed by atoms with van der Waals surface area (Å²) in [5, 5.41) is 8.55. The van der Waals surface area contributed by atoms with Crippen LogP contribution >= 0.6 is 0 Å². The van der Waals surface area contributed by atoms with Gasteiger partial charge >= 0.3 is 0 Å². The van der Waals surface area contributed by atoms with E-state index in [2.05, 4.69) is 149 Å². The molecular weight excluding hydrogens is 486 g/mol. The minimum Gasteiger partial charge on any atom is -0.307 e. The smallest absolute Gasteiger partial charge is 0.138 e. The van der Waals surface area contributed by atoms with E-state index in [9.17, 15) is 0 Å². The van der Waals surface area contributed by atoms with E-state index in [-0.39, 0.29) is 0 Å². The van der Waals surface area contributed by atoms with Gasteiger partial charge in [-0.2, -0.15) is 0 Å². The molecule has 0 fully saturated rings. The zero-order valence-electron chi connectivity index (χ0n) is 21.6. The molecule has 0 amide bonds. The lowest BCUT2D eigenvalue weighted by Crippen LogP contribution is -2.00. The molecule has 6 aromatic carbocycles. The van der Waals surface area contributed by atoms with Crippen LogP contribution < -0.4 is 0 Å². The van der Waals surface area contributed by atoms with Gasteiger partial charge in [0.05, 0.1) is 27.6 Å². The van der Waals surface area contributed by atoms with E-state index in [4.69, 9.17) is 4.98 Å². The van der Waals surface area contributed by atoms with E-state index in [1.54, 1.807) is 0 Å². The second kappa shape index (κ2) is 8.05. The summed E-state index contributed by atoms with van der Waals surface area (Å²) in [5.74, 6) is 0.924. The van der Waals surface area contributed by atoms with Gasteiger partial charge in [-0.1, -0.05) is 97.1 Å². The fraction of sp³-hybridized carbons (Fsp3) is 0. The number of rotatable bonds is 2. The third-order valence-corrected chi connectivity index (χ3v) is 8.27. The number of pyridine rings is 1. The monoisotopic (exact) mass is 509 g/mol. The van der Waals surface area contributed by atoms with Crippen LogP contribution in [0.5, 0.6) is 0 Å². The van der Waals surface area contributed by atoms with Crippen LogP contribution in [0, 0.1) is 0 Å². The summed E-state index contributed by atoms with van der Waals surface area (Å²) in [6.07, 6.45) is 0. The lowest BCUT2D eigenvalue weighted by molar-refractivity contribution is 1.10. The van der Waals surface area contributed by atoms with Gasteiger partial charge in [-0.05, 0) is 53.2 Å². The van der Waals surface area contributed by atoms with E-state index in [0.717, 1.165) is 27.9 Å². The Morgan fingerprint density at radius 3 is 1.75 bits per heavy atom. The van der Waals surface area contributed by atoms with E-state index >= 15 is 0 Å². The number of hydrogen-bond acceptors (Lipinski definition) is 1. The molecule has 0 atom stereocenters. The van der Waals surface area contributed by atoms with Crippen molar-refractivity contribution < 1.29 is 0 Å². The van der Waals surface area contributed by atoms with E-state index in [1.165, 1.54) is 48.9 Å². The lowest BCUT2D eigenvalue weighted by Gasteiger charge is -2.13. The summed E-state index contributed by atoms with van der Waals surface area (Å²) in [7, 11) is 0. The maximum absolute atomic E-state index is 5.18. The highest BCUT2D eigenvalue weighted by Gasteiger charge is 2.21. The first-order valence-corrected chi connectivity index (χ1v) is 13.7. The molecule has 0 unspecified atom stereocenters. The Morgan fingerprint density at radius 2 is 0.975 bits per heavy atom. The first-order chi connectivity index (χ1) is 19.8. The molecule has 40 heavy (non-hydrogen) atoms. The molecule has 0 aliphatic rings. The minimum atomic E-state index is 0.924. The molecule has 0 aliphatic heterocycles. The molecule has 0 aliphatic carbocycles. The Kier molecular flexibility index (Phi) is 4.33. The fourth-order valence-electron chi connectivity index (χ4n) is 6.50. The van der Waals surface area contributed by atoms with Crippen molar-refractivity contribution in [3.8, 4) is 11.5 Å². The summed E-state index contributed by atoms with van der Waals surface area (Å²) in [6, 6.07) is 50.0. The van der Waals surface area contributed by atoms with Crippen LogP contribution in [0.3, 0.4) is 0 Å². The topological polar surface area (TPSA) is 22.8 Å². The second-order valence-corrected chi connectivity index (χ2v) is 10.5. The second-order valence-electron chi connectivity index (χ2n) is 10.5. The third-order valence-electron chi connectivity index (χ3n) is 8.27. The molecule has 3 aromatic heterocycles. The van der Waals surface area contributed by atoms with Crippen LogP contribution in [0.15, 0.2) is 140 Å². The predicted molar refractivity (Wildman–Crippen MR) is 168 cm³/mol. The van der Waals surface area contributed by atoms with Gasteiger partial charge in [0.15, 0.2) is 0 Å². The number of hydrogen-bond donors (Lipinski definition) is 0. The van der Waals surface area contributed by atoms with Crippen molar-refractivity contribution in [2.45, 2.75) is 0 Å². The highest BCUT2D eigenvalue weighted by molar-refractivity contribution is 6.23. The zero-order chi connectivity index (χ0) is 26.2. The largest absolute Gasteiger partial charge is 0.307 e. The molecule has 0 N–H and O–H groups in total. The van der Waals surface area contributed by atoms with Gasteiger partial charge in [0.2, 0.25) is 0 Å². The first kappa shape index (κ1) is 21.5. The molecule has 0 saturated heterocycles. The number of benzene rings is 6. The number of fused-ring (bicyclic) bond motifs is 9. The fourth-order valence-corrected chi connectivity index (χ4v) is 6.50. The van der Waals surface area contributed by atoms with Crippen molar-refractivity contribution in [1.29, 1.82) is 0 Å². The average Bonchev–Trinajstić information content (AvgIpc) is 3.54. The van der Waals surface area contributed by atoms with Crippen molar-refractivity contribution in [1.82, 2.24) is 14.1 Å². The Morgan fingerprint density at radius 1 is 0.400 bits per heavy atom. The van der Waals surface area contributed by atoms with Crippen LogP contribution in [0.2, 0.25) is 0 Å². The van der Waals surface area contributed by atoms with Crippen LogP contribution in [-0.2, 0) is 0 Å². The molecule has 0 saturated carbocycles. The summed E-state index contributed by atoms with van der Waals surface area (Å²) >= 11 is 0. The molecule has 3 nitrogen and oxygen atoms in total. The van der Waals surface area contributed by atoms with Crippen molar-refractivity contribution in [3.63, 3.8) is 0 Å². The predicted octanol–water partition coefficient (Wildman–Crippen LogP) is 9.58. The van der Waals surface area contributed by atoms with Crippen molar-refractivity contribution in [2.75, 3.05) is 0 Å². The van der Waals surface area contributed by atoms with Crippen molar-refractivity contribution in [2.24, 2.45) is 0 Å². The van der Waals surface area contributed by atoms with Crippen LogP contribution in [-0.4, -0.2) is 14.1 Å². The van der Waals surface area contributed by atoms with Gasteiger partial charge in [0.1, 0.15) is 5.82 Å². The maximum Gasteiger partial charge on any atom is 0.138 e. The zero-order valence-corrected chi connectivity index (χ0v) is 21.6. The highest BCUT2D eigenvalue weighted by atomic mass is 15.1. The maximum atomic E-state index is 5.18. The summed E-state index contributed by atoms with van der Waals surface area (Å²) < 4.78 is 4.80. The number of aromatic nitrogens is 3. The van der Waals surface area contributed by atoms with Gasteiger partial charge < -0.3 is 4.57 Å². The van der Waals surface area contributed by atoms with Gasteiger partial charge in [-0.15, -0.1) is 0 Å². The third kappa shape index (κ3) is 2.92. The first-order valence-electron chi connectivity index (χ1n) is 13.7. The summed E-state index contributed by atoms with van der Waals surface area (Å²) in [6.45, 7) is 0. The van der Waals surface area contributed by atoms with Crippen molar-refractivity contribution >= 4 is 65.3 Å². The molecule has 3 heteroatoms. The molecule has 9 aromatic rings. The molecule has 186 valence electrons. The Balaban J connectivity index is 1.51. The van der Waals surface area contributed by atoms with Crippen LogP contribution in [0.1, 0.15) is 0 Å². The number of para-hydroxylation sites is 3. The average molecular weight is 510 g/mol. The summed E-state index contributed by atoms with van der Waals surface area (Å²) in [4.78, 5) is 5.18. The minimum absolute atomic E-state index is 0.924. The van der Waals surface area contributed by atoms with E-state index < -0.39 is 0 Å². The molecule has 0 spiro atoms. The molecule has 0 bridgehead atoms. The number of nitrogens with zero attached hydrogens (tertiary/aromatic N) is 3. The van der Waals surface area contributed by atoms with Gasteiger partial charge in [-0.3, -0.25) is 4.57 Å². The van der Waals surface area contributed by atoms with Crippen LogP contribution in [0.25, 0.3) is 76.8 Å². The molecule has 3 heterocycles. The lowest BCUT2D eigenvalue weighted by atomic mass is 10.1. The highest BCUT2D eigenvalue weighted by Crippen LogP contribution is 2.41. The van der Waals surface area contributed by atoms with E-state index in [1.807, 2.05) is 0 Å². The molecular formula is C37H23N3. The SMILES string of the molecule is c1ccc2cc(-n3c4ccccc4c4ccc5c6ccccc6n(-c6ccc7ccccc7n6)c5c43)ccc2c1. The standard InChI is InChI=1S/C37H23N3/c1-2-11-26-23-27(19-17-24(26)9-1)39-33-15-7-4-12-28(33)30-20-21-31-29-13-5-8-16-34(29)40(37(31)36(30)39)35-22-18-25-10-3-6-14-32(25)38-35/h1-23H. The normalized spacial score (nSPS) is 12.0. The Bertz CT molecular complexity index is 2270. The quantitative estimate of drug-likeness (QED) is 0.227. The van der Waals surface area contributed by atoms with Gasteiger partial charge in [0, 0.05) is 32.6 Å². The van der Waals surface area contributed by atoms with Gasteiger partial charge in [-0.25, -0.2) is 4.98 Å².